The number of carbonyl (C=O) groups excluding carboxylic acids is 1. The highest BCUT2D eigenvalue weighted by atomic mass is 19.1. The molecule has 0 unspecified atom stereocenters. The van der Waals surface area contributed by atoms with Gasteiger partial charge in [-0.25, -0.2) is 13.9 Å². The molecule has 1 aliphatic heterocycles. The first kappa shape index (κ1) is 17.3. The lowest BCUT2D eigenvalue weighted by molar-refractivity contribution is 0.192. The van der Waals surface area contributed by atoms with Crippen molar-refractivity contribution in [1.82, 2.24) is 24.9 Å². The number of H-pyrrole nitrogens is 1. The summed E-state index contributed by atoms with van der Waals surface area (Å²) in [6, 6.07) is 9.91. The molecule has 1 atom stereocenters. The minimum absolute atomic E-state index is 0.153. The highest BCUT2D eigenvalue weighted by Gasteiger charge is 2.26. The van der Waals surface area contributed by atoms with E-state index in [2.05, 4.69) is 20.6 Å². The number of hydrogen-bond donors (Lipinski definition) is 2. The van der Waals surface area contributed by atoms with Crippen molar-refractivity contribution >= 4 is 11.8 Å². The number of nitrogens with one attached hydrogen (secondary N) is 2. The van der Waals surface area contributed by atoms with E-state index < -0.39 is 0 Å². The van der Waals surface area contributed by atoms with Gasteiger partial charge in [0.1, 0.15) is 11.6 Å². The van der Waals surface area contributed by atoms with Gasteiger partial charge in [0.15, 0.2) is 0 Å². The second-order valence-corrected chi connectivity index (χ2v) is 6.73. The Bertz CT molecular complexity index is 907. The number of urea groups is 1. The van der Waals surface area contributed by atoms with E-state index in [1.54, 1.807) is 29.2 Å². The maximum atomic E-state index is 13.4. The predicted molar refractivity (Wildman–Crippen MR) is 98.9 cm³/mol. The fourth-order valence-electron chi connectivity index (χ4n) is 3.47. The summed E-state index contributed by atoms with van der Waals surface area (Å²) in [5.41, 5.74) is 1.84. The van der Waals surface area contributed by atoms with Crippen molar-refractivity contribution < 1.29 is 9.18 Å². The van der Waals surface area contributed by atoms with E-state index in [0.29, 0.717) is 25.5 Å². The summed E-state index contributed by atoms with van der Waals surface area (Å²) in [4.78, 5) is 14.5. The van der Waals surface area contributed by atoms with Crippen molar-refractivity contribution in [3.05, 3.63) is 65.9 Å². The molecule has 2 N–H and O–H groups in total. The van der Waals surface area contributed by atoms with Gasteiger partial charge in [-0.15, -0.1) is 0 Å². The van der Waals surface area contributed by atoms with E-state index in [9.17, 15) is 9.18 Å². The zero-order chi connectivity index (χ0) is 18.6. The van der Waals surface area contributed by atoms with Gasteiger partial charge in [0, 0.05) is 37.0 Å². The second-order valence-electron chi connectivity index (χ2n) is 6.73. The van der Waals surface area contributed by atoms with E-state index in [1.807, 2.05) is 17.0 Å². The first-order chi connectivity index (χ1) is 13.2. The first-order valence-electron chi connectivity index (χ1n) is 9.00. The number of halogens is 1. The molecule has 27 heavy (non-hydrogen) atoms. The molecule has 140 valence electrons. The number of likely N-dealkylation sites (tertiary alicyclic amines) is 1. The lowest BCUT2D eigenvalue weighted by atomic mass is 9.95. The third kappa shape index (κ3) is 3.99. The number of aromatic amines is 1. The third-order valence-corrected chi connectivity index (χ3v) is 4.84. The molecule has 1 aliphatic rings. The molecule has 4 rings (SSSR count). The molecule has 2 amide bonds. The Hall–Kier alpha value is -3.16. The normalized spacial score (nSPS) is 17.1. The van der Waals surface area contributed by atoms with Crippen molar-refractivity contribution in [2.45, 2.75) is 25.3 Å². The molecule has 0 radical (unpaired) electrons. The molecular weight excluding hydrogens is 347 g/mol. The molecule has 0 saturated carbocycles. The number of hydrogen-bond acceptors (Lipinski definition) is 3. The quantitative estimate of drug-likeness (QED) is 0.742. The molecular formula is C19H21FN6O. The molecule has 0 bridgehead atoms. The van der Waals surface area contributed by atoms with Crippen LogP contribution in [0, 0.1) is 5.82 Å². The molecule has 1 saturated heterocycles. The summed E-state index contributed by atoms with van der Waals surface area (Å²) in [6.45, 7) is 1.75. The van der Waals surface area contributed by atoms with E-state index in [4.69, 9.17) is 0 Å². The van der Waals surface area contributed by atoms with Crippen LogP contribution < -0.4 is 5.32 Å². The molecule has 3 heterocycles. The van der Waals surface area contributed by atoms with Gasteiger partial charge in [-0.1, -0.05) is 12.1 Å². The van der Waals surface area contributed by atoms with Gasteiger partial charge in [-0.05, 0) is 36.6 Å². The molecule has 1 fully saturated rings. The number of benzene rings is 1. The molecule has 0 aliphatic carbocycles. The number of rotatable bonds is 4. The van der Waals surface area contributed by atoms with Crippen molar-refractivity contribution in [1.29, 1.82) is 0 Å². The Kier molecular flexibility index (Phi) is 4.86. The number of anilines is 1. The third-order valence-electron chi connectivity index (χ3n) is 4.84. The van der Waals surface area contributed by atoms with Crippen molar-refractivity contribution in [3.63, 3.8) is 0 Å². The van der Waals surface area contributed by atoms with Crippen LogP contribution in [0.1, 0.15) is 30.0 Å². The molecule has 8 heteroatoms. The van der Waals surface area contributed by atoms with Gasteiger partial charge < -0.3 is 4.90 Å². The number of amides is 2. The summed E-state index contributed by atoms with van der Waals surface area (Å²) in [5, 5.41) is 14.2. The van der Waals surface area contributed by atoms with Gasteiger partial charge in [0.05, 0.1) is 12.7 Å². The van der Waals surface area contributed by atoms with Crippen LogP contribution >= 0.6 is 0 Å². The zero-order valence-corrected chi connectivity index (χ0v) is 14.8. The zero-order valence-electron chi connectivity index (χ0n) is 14.8. The largest absolute Gasteiger partial charge is 0.324 e. The van der Waals surface area contributed by atoms with Crippen molar-refractivity contribution in [2.24, 2.45) is 0 Å². The van der Waals surface area contributed by atoms with Crippen LogP contribution in [0.4, 0.5) is 15.0 Å². The van der Waals surface area contributed by atoms with E-state index >= 15 is 0 Å². The Morgan fingerprint density at radius 2 is 2.22 bits per heavy atom. The average molecular weight is 368 g/mol. The van der Waals surface area contributed by atoms with E-state index in [0.717, 1.165) is 24.1 Å². The smallest absolute Gasteiger partial charge is 0.323 e. The van der Waals surface area contributed by atoms with Crippen LogP contribution in [0.25, 0.3) is 0 Å². The number of nitrogens with zero attached hydrogens (tertiary/aromatic N) is 4. The Balaban J connectivity index is 1.42. The maximum absolute atomic E-state index is 13.4. The minimum atomic E-state index is -0.289. The van der Waals surface area contributed by atoms with Gasteiger partial charge in [-0.2, -0.15) is 10.2 Å². The number of aromatic nitrogens is 4. The molecule has 2 aromatic heterocycles. The van der Waals surface area contributed by atoms with Gasteiger partial charge in [-0.3, -0.25) is 10.4 Å². The molecule has 3 aromatic rings. The molecule has 7 nitrogen and oxygen atoms in total. The highest BCUT2D eigenvalue weighted by Crippen LogP contribution is 2.25. The Morgan fingerprint density at radius 1 is 1.30 bits per heavy atom. The van der Waals surface area contributed by atoms with Crippen molar-refractivity contribution in [2.75, 3.05) is 18.4 Å². The standard InChI is InChI=1S/C19H21FN6O/c20-16-5-1-3-14(11-16)12-26-18(7-9-22-26)23-19(27)25-10-2-4-15(13-25)17-6-8-21-24-17/h1,3,5-9,11,15H,2,4,10,12-13H2,(H,21,24)(H,23,27)/t15-/m1/s1. The summed E-state index contributed by atoms with van der Waals surface area (Å²) in [5.74, 6) is 0.570. The monoisotopic (exact) mass is 368 g/mol. The van der Waals surface area contributed by atoms with Gasteiger partial charge in [0.2, 0.25) is 0 Å². The SMILES string of the molecule is O=C(Nc1ccnn1Cc1cccc(F)c1)N1CCC[C@@H](c2ccn[nH]2)C1. The second kappa shape index (κ2) is 7.61. The minimum Gasteiger partial charge on any atom is -0.324 e. The fourth-order valence-corrected chi connectivity index (χ4v) is 3.47. The summed E-state index contributed by atoms with van der Waals surface area (Å²) >= 11 is 0. The maximum Gasteiger partial charge on any atom is 0.323 e. The number of piperidine rings is 1. The topological polar surface area (TPSA) is 78.8 Å². The molecule has 0 spiro atoms. The summed E-state index contributed by atoms with van der Waals surface area (Å²) in [7, 11) is 0. The lowest BCUT2D eigenvalue weighted by Crippen LogP contribution is -2.42. The lowest BCUT2D eigenvalue weighted by Gasteiger charge is -2.32. The predicted octanol–water partition coefficient (Wildman–Crippen LogP) is 3.21. The van der Waals surface area contributed by atoms with Crippen LogP contribution in [-0.4, -0.2) is 44.0 Å². The fraction of sp³-hybridized carbons (Fsp3) is 0.316. The summed E-state index contributed by atoms with van der Waals surface area (Å²) in [6.07, 6.45) is 5.33. The average Bonchev–Trinajstić information content (AvgIpc) is 3.35. The van der Waals surface area contributed by atoms with E-state index in [-0.39, 0.29) is 17.8 Å². The van der Waals surface area contributed by atoms with Crippen LogP contribution in [0.3, 0.4) is 0 Å². The highest BCUT2D eigenvalue weighted by molar-refractivity contribution is 5.88. The van der Waals surface area contributed by atoms with Crippen LogP contribution in [0.5, 0.6) is 0 Å². The van der Waals surface area contributed by atoms with Crippen LogP contribution in [0.15, 0.2) is 48.8 Å². The van der Waals surface area contributed by atoms with Gasteiger partial charge >= 0.3 is 6.03 Å². The van der Waals surface area contributed by atoms with Crippen molar-refractivity contribution in [3.8, 4) is 0 Å². The number of carbonyl (C=O) groups is 1. The van der Waals surface area contributed by atoms with Crippen LogP contribution in [0.2, 0.25) is 0 Å². The summed E-state index contributed by atoms with van der Waals surface area (Å²) < 4.78 is 15.0. The van der Waals surface area contributed by atoms with Crippen LogP contribution in [-0.2, 0) is 6.54 Å². The Labute approximate surface area is 156 Å². The first-order valence-corrected chi connectivity index (χ1v) is 9.00. The van der Waals surface area contributed by atoms with E-state index in [1.165, 1.54) is 12.1 Å². The molecule has 1 aromatic carbocycles. The Morgan fingerprint density at radius 3 is 3.04 bits per heavy atom. The van der Waals surface area contributed by atoms with Gasteiger partial charge in [0.25, 0.3) is 0 Å².